The highest BCUT2D eigenvalue weighted by molar-refractivity contribution is 5.82. The second-order valence-corrected chi connectivity index (χ2v) is 5.20. The third-order valence-electron chi connectivity index (χ3n) is 4.15. The quantitative estimate of drug-likeness (QED) is 0.397. The van der Waals surface area contributed by atoms with Crippen molar-refractivity contribution in [1.82, 2.24) is 18.9 Å². The fourth-order valence-corrected chi connectivity index (χ4v) is 3.33. The third-order valence-corrected chi connectivity index (χ3v) is 4.15. The van der Waals surface area contributed by atoms with Gasteiger partial charge in [-0.1, -0.05) is 0 Å². The van der Waals surface area contributed by atoms with Crippen molar-refractivity contribution in [2.45, 2.75) is 6.54 Å². The van der Waals surface area contributed by atoms with Crippen molar-refractivity contribution in [1.29, 1.82) is 0 Å². The summed E-state index contributed by atoms with van der Waals surface area (Å²) in [5.74, 6) is 1.24. The largest absolute Gasteiger partial charge is 0.274 e. The van der Waals surface area contributed by atoms with Gasteiger partial charge in [0.2, 0.25) is 5.82 Å². The number of pyridine rings is 1. The van der Waals surface area contributed by atoms with Crippen LogP contribution in [0.15, 0.2) is 43.0 Å². The molecule has 5 rings (SSSR count). The van der Waals surface area contributed by atoms with Crippen molar-refractivity contribution in [3.63, 3.8) is 0 Å². The van der Waals surface area contributed by atoms with Gasteiger partial charge in [-0.15, -0.1) is 0 Å². The summed E-state index contributed by atoms with van der Waals surface area (Å²) >= 11 is 0. The first kappa shape index (κ1) is 10.1. The molecule has 5 nitrogen and oxygen atoms in total. The molecule has 0 aliphatic carbocycles. The summed E-state index contributed by atoms with van der Waals surface area (Å²) in [4.78, 5) is 8.66. The van der Waals surface area contributed by atoms with Gasteiger partial charge in [-0.25, -0.2) is 18.5 Å². The van der Waals surface area contributed by atoms with Gasteiger partial charge in [-0.3, -0.25) is 4.98 Å². The fraction of sp³-hybridized carbons (Fsp3) is 0.133. The summed E-state index contributed by atoms with van der Waals surface area (Å²) in [6, 6.07) is 6.21. The van der Waals surface area contributed by atoms with Gasteiger partial charge in [0, 0.05) is 30.2 Å². The molecule has 0 bridgehead atoms. The maximum Gasteiger partial charge on any atom is 0.274 e. The second kappa shape index (κ2) is 3.25. The van der Waals surface area contributed by atoms with Gasteiger partial charge in [-0.05, 0) is 12.1 Å². The first-order valence-electron chi connectivity index (χ1n) is 6.62. The zero-order valence-corrected chi connectivity index (χ0v) is 11.0. The predicted octanol–water partition coefficient (Wildman–Crippen LogP) is 1.54. The lowest BCUT2D eigenvalue weighted by molar-refractivity contribution is -0.636. The average Bonchev–Trinajstić information content (AvgIpc) is 3.10. The monoisotopic (exact) mass is 262 g/mol. The smallest absolute Gasteiger partial charge is 0.264 e. The van der Waals surface area contributed by atoms with Crippen molar-refractivity contribution in [2.75, 3.05) is 0 Å². The van der Waals surface area contributed by atoms with Crippen molar-refractivity contribution >= 4 is 16.8 Å². The number of fused-ring (bicyclic) bond motifs is 7. The highest BCUT2D eigenvalue weighted by atomic mass is 15.2. The van der Waals surface area contributed by atoms with Crippen LogP contribution in [0.1, 0.15) is 5.56 Å². The molecular formula is C15H12N5+. The number of rotatable bonds is 0. The molecule has 0 atom stereocenters. The molecule has 0 amide bonds. The Bertz CT molecular complexity index is 992. The van der Waals surface area contributed by atoms with Crippen molar-refractivity contribution in [3.05, 3.63) is 48.5 Å². The van der Waals surface area contributed by atoms with E-state index in [0.717, 1.165) is 12.2 Å². The van der Waals surface area contributed by atoms with Gasteiger partial charge in [0.25, 0.3) is 5.65 Å². The van der Waals surface area contributed by atoms with Crippen LogP contribution in [-0.2, 0) is 13.6 Å². The normalized spacial score (nSPS) is 13.1. The van der Waals surface area contributed by atoms with Crippen LogP contribution in [0.4, 0.5) is 0 Å². The van der Waals surface area contributed by atoms with E-state index in [1.807, 2.05) is 24.7 Å². The van der Waals surface area contributed by atoms with E-state index in [4.69, 9.17) is 0 Å². The van der Waals surface area contributed by atoms with Gasteiger partial charge in [0.15, 0.2) is 11.2 Å². The Hall–Kier alpha value is -2.69. The SMILES string of the molecule is C[n+]1c2n(c3cc4ncccn4c31)Cc1cnccc1-2. The molecule has 0 unspecified atom stereocenters. The Labute approximate surface area is 114 Å². The highest BCUT2D eigenvalue weighted by Crippen LogP contribution is 2.33. The lowest BCUT2D eigenvalue weighted by Crippen LogP contribution is -2.30. The molecule has 0 aromatic carbocycles. The minimum Gasteiger partial charge on any atom is -0.264 e. The van der Waals surface area contributed by atoms with Gasteiger partial charge >= 0.3 is 0 Å². The topological polar surface area (TPSA) is 39.0 Å². The Morgan fingerprint density at radius 3 is 3.20 bits per heavy atom. The predicted molar refractivity (Wildman–Crippen MR) is 74.2 cm³/mol. The van der Waals surface area contributed by atoms with E-state index in [0.29, 0.717) is 0 Å². The zero-order chi connectivity index (χ0) is 13.3. The van der Waals surface area contributed by atoms with Crippen LogP contribution < -0.4 is 4.57 Å². The lowest BCUT2D eigenvalue weighted by Gasteiger charge is -1.97. The van der Waals surface area contributed by atoms with E-state index in [1.165, 1.54) is 28.1 Å². The number of nitrogens with zero attached hydrogens (tertiary/aromatic N) is 5. The molecule has 0 radical (unpaired) electrons. The number of hydrogen-bond donors (Lipinski definition) is 0. The number of aromatic nitrogens is 5. The first-order chi connectivity index (χ1) is 9.84. The van der Waals surface area contributed by atoms with Gasteiger partial charge < -0.3 is 0 Å². The standard InChI is InChI=1S/C15H12N5/c1-18-14-11-3-5-16-8-10(11)9-20(14)12-7-13-17-4-2-6-19(13)15(12)18/h2-8H,9H2,1H3/q+1. The average molecular weight is 262 g/mol. The summed E-state index contributed by atoms with van der Waals surface area (Å²) in [6.45, 7) is 0.882. The zero-order valence-electron chi connectivity index (χ0n) is 11.0. The van der Waals surface area contributed by atoms with Crippen LogP contribution >= 0.6 is 0 Å². The van der Waals surface area contributed by atoms with Crippen molar-refractivity contribution in [2.24, 2.45) is 7.05 Å². The molecule has 4 aromatic heterocycles. The minimum absolute atomic E-state index is 0.882. The molecule has 96 valence electrons. The highest BCUT2D eigenvalue weighted by Gasteiger charge is 2.32. The number of imidazole rings is 1. The van der Waals surface area contributed by atoms with Crippen molar-refractivity contribution in [3.8, 4) is 11.4 Å². The van der Waals surface area contributed by atoms with E-state index in [9.17, 15) is 0 Å². The van der Waals surface area contributed by atoms with E-state index >= 15 is 0 Å². The summed E-state index contributed by atoms with van der Waals surface area (Å²) in [7, 11) is 2.11. The summed E-state index contributed by atoms with van der Waals surface area (Å²) < 4.78 is 6.73. The van der Waals surface area contributed by atoms with Gasteiger partial charge in [0.05, 0.1) is 25.4 Å². The molecule has 1 aliphatic heterocycles. The first-order valence-corrected chi connectivity index (χ1v) is 6.62. The van der Waals surface area contributed by atoms with E-state index in [2.05, 4.69) is 48.9 Å². The Morgan fingerprint density at radius 2 is 2.25 bits per heavy atom. The molecule has 0 spiro atoms. The van der Waals surface area contributed by atoms with Crippen LogP contribution in [0.25, 0.3) is 28.2 Å². The van der Waals surface area contributed by atoms with Crippen molar-refractivity contribution < 1.29 is 4.57 Å². The number of aryl methyl sites for hydroxylation is 1. The van der Waals surface area contributed by atoms with Gasteiger partial charge in [0.1, 0.15) is 0 Å². The molecular weight excluding hydrogens is 250 g/mol. The third kappa shape index (κ3) is 1.02. The number of hydrogen-bond acceptors (Lipinski definition) is 2. The van der Waals surface area contributed by atoms with E-state index < -0.39 is 0 Å². The van der Waals surface area contributed by atoms with Gasteiger partial charge in [-0.2, -0.15) is 0 Å². The van der Waals surface area contributed by atoms with Crippen LogP contribution in [0.5, 0.6) is 0 Å². The molecule has 0 N–H and O–H groups in total. The van der Waals surface area contributed by atoms with E-state index in [-0.39, 0.29) is 0 Å². The molecule has 20 heavy (non-hydrogen) atoms. The Kier molecular flexibility index (Phi) is 1.65. The minimum atomic E-state index is 0.882. The summed E-state index contributed by atoms with van der Waals surface area (Å²) in [5, 5.41) is 0. The molecule has 4 aromatic rings. The molecule has 0 fully saturated rings. The Balaban J connectivity index is 1.98. The molecule has 1 aliphatic rings. The fourth-order valence-electron chi connectivity index (χ4n) is 3.33. The second-order valence-electron chi connectivity index (χ2n) is 5.20. The Morgan fingerprint density at radius 1 is 1.30 bits per heavy atom. The molecule has 0 saturated carbocycles. The van der Waals surface area contributed by atoms with Crippen LogP contribution in [0.3, 0.4) is 0 Å². The molecule has 0 saturated heterocycles. The maximum absolute atomic E-state index is 4.43. The summed E-state index contributed by atoms with van der Waals surface area (Å²) in [5.41, 5.74) is 5.94. The van der Waals surface area contributed by atoms with Crippen LogP contribution in [0.2, 0.25) is 0 Å². The van der Waals surface area contributed by atoms with Crippen LogP contribution in [0, 0.1) is 0 Å². The maximum atomic E-state index is 4.43. The van der Waals surface area contributed by atoms with Crippen LogP contribution in [-0.4, -0.2) is 18.9 Å². The molecule has 5 heteroatoms. The van der Waals surface area contributed by atoms with E-state index in [1.54, 1.807) is 0 Å². The molecule has 5 heterocycles. The summed E-state index contributed by atoms with van der Waals surface area (Å²) in [6.07, 6.45) is 7.72. The lowest BCUT2D eigenvalue weighted by atomic mass is 10.2.